The van der Waals surface area contributed by atoms with E-state index in [1.165, 1.54) is 36.4 Å². The lowest BCUT2D eigenvalue weighted by molar-refractivity contribution is -0.458. The van der Waals surface area contributed by atoms with E-state index in [4.69, 9.17) is 0 Å². The number of fused-ring (bicyclic) bond motifs is 1. The van der Waals surface area contributed by atoms with E-state index in [0.29, 0.717) is 0 Å². The molecule has 0 bridgehead atoms. The Balaban J connectivity index is 2.11. The number of hydrogen-bond acceptors (Lipinski definition) is 3. The fraction of sp³-hybridized carbons (Fsp3) is 0.524. The zero-order valence-corrected chi connectivity index (χ0v) is 21.8. The topological polar surface area (TPSA) is 43.4 Å². The maximum absolute atomic E-state index is 14.6. The van der Waals surface area contributed by atoms with Crippen LogP contribution in [-0.2, 0) is 13.7 Å². The Morgan fingerprint density at radius 2 is 0.977 bits per heavy atom. The van der Waals surface area contributed by atoms with Crippen molar-refractivity contribution in [1.82, 2.24) is 0 Å². The lowest BCUT2D eigenvalue weighted by Crippen LogP contribution is -2.75. The van der Waals surface area contributed by atoms with Gasteiger partial charge in [-0.2, -0.15) is 83.1 Å². The van der Waals surface area contributed by atoms with Gasteiger partial charge in [-0.05, 0) is 23.3 Å². The molecule has 1 aliphatic heterocycles. The summed E-state index contributed by atoms with van der Waals surface area (Å²) in [5.74, 6) is -53.0. The Labute approximate surface area is 230 Å². The van der Waals surface area contributed by atoms with Gasteiger partial charge in [0.25, 0.3) is 0 Å². The Morgan fingerprint density at radius 3 is 1.42 bits per heavy atom. The summed E-state index contributed by atoms with van der Waals surface area (Å²) < 4.78 is 260. The van der Waals surface area contributed by atoms with E-state index in [1.807, 2.05) is 0 Å². The first-order valence-electron chi connectivity index (χ1n) is 10.9. The van der Waals surface area contributed by atoms with E-state index >= 15 is 0 Å². The van der Waals surface area contributed by atoms with Crippen molar-refractivity contribution < 1.29 is 86.7 Å². The van der Waals surface area contributed by atoms with Crippen molar-refractivity contribution in [2.24, 2.45) is 0 Å². The van der Waals surface area contributed by atoms with Crippen molar-refractivity contribution in [3.8, 4) is 0 Å². The Hall–Kier alpha value is -2.23. The molecule has 0 aliphatic carbocycles. The van der Waals surface area contributed by atoms with Crippen molar-refractivity contribution >= 4 is 31.2 Å². The van der Waals surface area contributed by atoms with E-state index in [0.717, 1.165) is 6.07 Å². The molecule has 0 unspecified atom stereocenters. The average molecular weight is 700 g/mol. The van der Waals surface area contributed by atoms with E-state index in [1.54, 1.807) is 0 Å². The lowest BCUT2D eigenvalue weighted by Gasteiger charge is -2.47. The van der Waals surface area contributed by atoms with Crippen LogP contribution in [0.25, 0.3) is 10.8 Å². The van der Waals surface area contributed by atoms with Crippen LogP contribution in [0.5, 0.6) is 0 Å². The van der Waals surface area contributed by atoms with Gasteiger partial charge in [0, 0.05) is 16.4 Å². The first-order valence-corrected chi connectivity index (χ1v) is 14.2. The molecule has 0 atom stereocenters. The second kappa shape index (κ2) is 9.88. The van der Waals surface area contributed by atoms with Crippen LogP contribution in [0.15, 0.2) is 47.4 Å². The summed E-state index contributed by atoms with van der Waals surface area (Å²) >= 11 is 0. The predicted molar refractivity (Wildman–Crippen MR) is 115 cm³/mol. The minimum absolute atomic E-state index is 0.0566. The highest BCUT2D eigenvalue weighted by molar-refractivity contribution is 8.34. The molecule has 246 valence electrons. The summed E-state index contributed by atoms with van der Waals surface area (Å²) in [7, 11) is -11.3. The quantitative estimate of drug-likeness (QED) is 0.233. The highest BCUT2D eigenvalue weighted by atomic mass is 32.3. The second-order valence-electron chi connectivity index (χ2n) is 9.03. The molecule has 43 heavy (non-hydrogen) atoms. The van der Waals surface area contributed by atoms with Crippen LogP contribution in [0.4, 0.5) is 74.6 Å². The molecule has 0 amide bonds. The molecule has 2 aromatic carbocycles. The van der Waals surface area contributed by atoms with Gasteiger partial charge >= 0.3 is 57.1 Å². The fourth-order valence-electron chi connectivity index (χ4n) is 3.77. The van der Waals surface area contributed by atoms with Crippen LogP contribution in [0, 0.1) is 0 Å². The zero-order chi connectivity index (χ0) is 33.5. The first-order chi connectivity index (χ1) is 19.0. The summed E-state index contributed by atoms with van der Waals surface area (Å²) in [5.41, 5.74) is 0. The third-order valence-electron chi connectivity index (χ3n) is 6.33. The molecule has 0 radical (unpaired) electrons. The predicted octanol–water partition coefficient (Wildman–Crippen LogP) is 8.64. The molecule has 1 fully saturated rings. The van der Waals surface area contributed by atoms with Crippen molar-refractivity contribution in [2.75, 3.05) is 11.5 Å². The number of alkyl halides is 17. The van der Waals surface area contributed by atoms with Crippen LogP contribution in [0.1, 0.15) is 6.42 Å². The van der Waals surface area contributed by atoms with E-state index in [-0.39, 0.29) is 22.1 Å². The molecular weight excluding hydrogens is 687 g/mol. The molecule has 0 spiro atoms. The third kappa shape index (κ3) is 4.62. The largest absolute Gasteiger partial charge is 0.460 e. The van der Waals surface area contributed by atoms with Crippen LogP contribution in [-0.4, -0.2) is 66.9 Å². The van der Waals surface area contributed by atoms with Gasteiger partial charge in [-0.1, -0.05) is 46.7 Å². The molecule has 3 rings (SSSR count). The third-order valence-corrected chi connectivity index (χ3v) is 12.0. The van der Waals surface area contributed by atoms with Crippen LogP contribution in [0.3, 0.4) is 0 Å². The number of halogens is 17. The van der Waals surface area contributed by atoms with Crippen molar-refractivity contribution in [2.45, 2.75) is 58.3 Å². The zero-order valence-electron chi connectivity index (χ0n) is 20.1. The van der Waals surface area contributed by atoms with Crippen LogP contribution < -0.4 is 0 Å². The standard InChI is InChI=1S/C21H13F17O3S2/c22-14(23,16(26,27)18(30,31)20(34,35)36)15(24,25)17(28,29)19(32,33)21(37,38)43(39,40)41-42(9-4-10-42)13-8-3-6-11-5-1-2-7-12(11)13/h1-3,5-8H,4,9-10H2. The molecule has 0 N–H and O–H groups in total. The van der Waals surface area contributed by atoms with Gasteiger partial charge < -0.3 is 0 Å². The molecule has 0 aromatic heterocycles. The van der Waals surface area contributed by atoms with E-state index in [2.05, 4.69) is 3.63 Å². The SMILES string of the molecule is O=S(=O)(OS1(c2cccc3ccccc23)CCC1)C(F)(F)C(F)(F)C(F)(F)C(F)(F)C(F)(F)C(F)(F)C(F)(F)C(F)(F)F. The first kappa shape index (κ1) is 35.3. The molecule has 2 aromatic rings. The maximum atomic E-state index is 14.6. The Bertz CT molecular complexity index is 1480. The molecule has 1 heterocycles. The van der Waals surface area contributed by atoms with Crippen LogP contribution in [0.2, 0.25) is 0 Å². The number of benzene rings is 2. The summed E-state index contributed by atoms with van der Waals surface area (Å²) in [5, 5.41) is -7.36. The molecule has 1 saturated heterocycles. The number of hydrogen-bond donors (Lipinski definition) is 0. The monoisotopic (exact) mass is 700 g/mol. The van der Waals surface area contributed by atoms with Gasteiger partial charge in [-0.3, -0.25) is 0 Å². The average Bonchev–Trinajstić information content (AvgIpc) is 2.84. The molecule has 22 heteroatoms. The van der Waals surface area contributed by atoms with E-state index < -0.39 is 78.9 Å². The summed E-state index contributed by atoms with van der Waals surface area (Å²) in [4.78, 5) is -0.253. The maximum Gasteiger partial charge on any atom is 0.460 e. The summed E-state index contributed by atoms with van der Waals surface area (Å²) in [6.07, 6.45) is -7.95. The molecule has 3 nitrogen and oxygen atoms in total. The normalized spacial score (nSPS) is 18.8. The highest BCUT2D eigenvalue weighted by Crippen LogP contribution is 2.69. The van der Waals surface area contributed by atoms with Crippen LogP contribution >= 0.6 is 10.3 Å². The summed E-state index contributed by atoms with van der Waals surface area (Å²) in [6.45, 7) is 0. The lowest BCUT2D eigenvalue weighted by atomic mass is 9.91. The van der Waals surface area contributed by atoms with Crippen molar-refractivity contribution in [3.63, 3.8) is 0 Å². The van der Waals surface area contributed by atoms with Gasteiger partial charge in [-0.25, -0.2) is 3.63 Å². The second-order valence-corrected chi connectivity index (χ2v) is 13.9. The van der Waals surface area contributed by atoms with Gasteiger partial charge in [0.15, 0.2) is 0 Å². The van der Waals surface area contributed by atoms with Gasteiger partial charge in [0.1, 0.15) is 0 Å². The minimum atomic E-state index is -8.89. The van der Waals surface area contributed by atoms with Gasteiger partial charge in [-0.15, -0.1) is 0 Å². The van der Waals surface area contributed by atoms with Crippen molar-refractivity contribution in [1.29, 1.82) is 0 Å². The molecular formula is C21H13F17O3S2. The Morgan fingerprint density at radius 1 is 0.558 bits per heavy atom. The van der Waals surface area contributed by atoms with Gasteiger partial charge in [0.05, 0.1) is 0 Å². The highest BCUT2D eigenvalue weighted by Gasteiger charge is 2.96. The van der Waals surface area contributed by atoms with Crippen molar-refractivity contribution in [3.05, 3.63) is 42.5 Å². The van der Waals surface area contributed by atoms with E-state index in [9.17, 15) is 83.1 Å². The molecule has 0 saturated carbocycles. The number of rotatable bonds is 10. The molecule has 1 aliphatic rings. The Kier molecular flexibility index (Phi) is 8.10. The smallest absolute Gasteiger partial charge is 0.211 e. The minimum Gasteiger partial charge on any atom is -0.211 e. The summed E-state index contributed by atoms with van der Waals surface area (Å²) in [6, 6.07) is 9.05. The van der Waals surface area contributed by atoms with Gasteiger partial charge in [0.2, 0.25) is 0 Å². The fourth-order valence-corrected chi connectivity index (χ4v) is 8.93.